The summed E-state index contributed by atoms with van der Waals surface area (Å²) in [4.78, 5) is 36.7. The first-order valence-electron chi connectivity index (χ1n) is 11.6. The van der Waals surface area contributed by atoms with E-state index in [1.54, 1.807) is 0 Å². The fourth-order valence-corrected chi connectivity index (χ4v) is 3.97. The minimum atomic E-state index is -2.43. The zero-order valence-electron chi connectivity index (χ0n) is 21.0. The van der Waals surface area contributed by atoms with Gasteiger partial charge in [-0.25, -0.2) is 14.4 Å². The van der Waals surface area contributed by atoms with Gasteiger partial charge in [0.25, 0.3) is 0 Å². The Balaban J connectivity index is 1.76. The van der Waals surface area contributed by atoms with E-state index in [1.807, 2.05) is 0 Å². The number of carboxylic acids is 1. The first kappa shape index (κ1) is 29.0. The maximum absolute atomic E-state index is 12.5. The molecule has 2 aromatic carbocycles. The van der Waals surface area contributed by atoms with Gasteiger partial charge < -0.3 is 44.5 Å². The van der Waals surface area contributed by atoms with Crippen LogP contribution in [0, 0.1) is 0 Å². The molecule has 39 heavy (non-hydrogen) atoms. The van der Waals surface area contributed by atoms with Gasteiger partial charge in [-0.3, -0.25) is 0 Å². The number of aliphatic carboxylic acids is 1. The molecule has 2 aromatic rings. The van der Waals surface area contributed by atoms with Gasteiger partial charge >= 0.3 is 17.9 Å². The molecule has 1 aliphatic rings. The van der Waals surface area contributed by atoms with Crippen molar-refractivity contribution >= 4 is 30.1 Å². The number of hydrogen-bond acceptors (Lipinski definition) is 11. The van der Waals surface area contributed by atoms with Crippen LogP contribution >= 0.6 is 0 Å². The van der Waals surface area contributed by atoms with Crippen molar-refractivity contribution in [3.05, 3.63) is 59.7 Å². The molecule has 0 amide bonds. The second-order valence-electron chi connectivity index (χ2n) is 8.72. The molecule has 0 aliphatic heterocycles. The molecule has 4 atom stereocenters. The van der Waals surface area contributed by atoms with Gasteiger partial charge in [-0.05, 0) is 47.5 Å². The van der Waals surface area contributed by atoms with E-state index in [9.17, 15) is 39.9 Å². The molecule has 208 valence electrons. The highest BCUT2D eigenvalue weighted by Gasteiger charge is 2.52. The average Bonchev–Trinajstić information content (AvgIpc) is 2.89. The number of esters is 2. The fraction of sp³-hybridized carbons (Fsp3) is 0.296. The van der Waals surface area contributed by atoms with Crippen molar-refractivity contribution < 1.29 is 58.9 Å². The summed E-state index contributed by atoms with van der Waals surface area (Å²) in [5, 5.41) is 49.8. The summed E-state index contributed by atoms with van der Waals surface area (Å²) >= 11 is 0. The average molecular weight is 545 g/mol. The summed E-state index contributed by atoms with van der Waals surface area (Å²) in [6.07, 6.45) is -1.27. The molecule has 5 N–H and O–H groups in total. The first-order valence-corrected chi connectivity index (χ1v) is 11.6. The number of ether oxygens (including phenoxy) is 4. The van der Waals surface area contributed by atoms with E-state index in [0.29, 0.717) is 11.1 Å². The Hall–Kier alpha value is -4.55. The summed E-state index contributed by atoms with van der Waals surface area (Å²) in [6.45, 7) is 0. The van der Waals surface area contributed by atoms with Crippen LogP contribution < -0.4 is 9.47 Å². The molecule has 0 radical (unpaired) electrons. The lowest BCUT2D eigenvalue weighted by atomic mass is 9.79. The third-order valence-corrected chi connectivity index (χ3v) is 5.98. The number of carboxylic acid groups (broad SMARTS) is 1. The van der Waals surface area contributed by atoms with E-state index >= 15 is 0 Å². The predicted molar refractivity (Wildman–Crippen MR) is 135 cm³/mol. The molecule has 1 unspecified atom stereocenters. The third-order valence-electron chi connectivity index (χ3n) is 5.98. The second kappa shape index (κ2) is 12.3. The molecule has 0 heterocycles. The Morgan fingerprint density at radius 2 is 1.33 bits per heavy atom. The number of aromatic hydroxyl groups is 2. The largest absolute Gasteiger partial charge is 0.504 e. The number of aliphatic hydroxyl groups excluding tert-OH is 1. The van der Waals surface area contributed by atoms with Crippen molar-refractivity contribution in [3.63, 3.8) is 0 Å². The smallest absolute Gasteiger partial charge is 0.335 e. The van der Waals surface area contributed by atoms with Crippen LogP contribution in [0.3, 0.4) is 0 Å². The van der Waals surface area contributed by atoms with Crippen LogP contribution in [0.25, 0.3) is 12.2 Å². The van der Waals surface area contributed by atoms with Crippen molar-refractivity contribution in [2.24, 2.45) is 0 Å². The van der Waals surface area contributed by atoms with E-state index in [1.165, 1.54) is 62.8 Å². The maximum atomic E-state index is 12.5. The van der Waals surface area contributed by atoms with Gasteiger partial charge in [-0.2, -0.15) is 0 Å². The SMILES string of the molecule is COc1cc(/C=C/C(=O)O[C@H]2C[C@@](O)(C(=O)O)CC(O)[C@@H]2OC(=O)/C=C/c2ccc(O)c(OC)c2)ccc1O. The van der Waals surface area contributed by atoms with Gasteiger partial charge in [-0.1, -0.05) is 12.1 Å². The zero-order valence-corrected chi connectivity index (χ0v) is 21.0. The van der Waals surface area contributed by atoms with Crippen molar-refractivity contribution in [1.82, 2.24) is 0 Å². The lowest BCUT2D eigenvalue weighted by Crippen LogP contribution is -2.58. The van der Waals surface area contributed by atoms with Crippen LogP contribution in [0.4, 0.5) is 0 Å². The molecule has 12 nitrogen and oxygen atoms in total. The number of methoxy groups -OCH3 is 2. The van der Waals surface area contributed by atoms with Crippen LogP contribution in [0.15, 0.2) is 48.6 Å². The molecule has 12 heteroatoms. The van der Waals surface area contributed by atoms with Crippen LogP contribution in [0.2, 0.25) is 0 Å². The molecule has 0 bridgehead atoms. The van der Waals surface area contributed by atoms with E-state index < -0.39 is 54.7 Å². The molecule has 0 saturated heterocycles. The van der Waals surface area contributed by atoms with Gasteiger partial charge in [0.15, 0.2) is 34.7 Å². The number of benzene rings is 2. The summed E-state index contributed by atoms with van der Waals surface area (Å²) < 4.78 is 20.6. The normalized spacial score (nSPS) is 22.9. The number of carbonyl (C=O) groups excluding carboxylic acids is 2. The third kappa shape index (κ3) is 7.27. The summed E-state index contributed by atoms with van der Waals surface area (Å²) in [5.74, 6) is -3.42. The van der Waals surface area contributed by atoms with Crippen LogP contribution in [-0.4, -0.2) is 81.6 Å². The lowest BCUT2D eigenvalue weighted by Gasteiger charge is -2.40. The summed E-state index contributed by atoms with van der Waals surface area (Å²) in [5.41, 5.74) is -1.49. The predicted octanol–water partition coefficient (Wildman–Crippen LogP) is 1.64. The molecule has 0 spiro atoms. The van der Waals surface area contributed by atoms with Crippen LogP contribution in [0.5, 0.6) is 23.0 Å². The molecular weight excluding hydrogens is 516 g/mol. The molecule has 3 rings (SSSR count). The topological polar surface area (TPSA) is 189 Å². The summed E-state index contributed by atoms with van der Waals surface area (Å²) in [6, 6.07) is 8.63. The Labute approximate surface area is 222 Å². The minimum absolute atomic E-state index is 0.100. The summed E-state index contributed by atoms with van der Waals surface area (Å²) in [7, 11) is 2.71. The highest BCUT2D eigenvalue weighted by Crippen LogP contribution is 2.34. The number of phenols is 2. The fourth-order valence-electron chi connectivity index (χ4n) is 3.97. The lowest BCUT2D eigenvalue weighted by molar-refractivity contribution is -0.204. The molecule has 1 fully saturated rings. The van der Waals surface area contributed by atoms with Crippen molar-refractivity contribution in [3.8, 4) is 23.0 Å². The maximum Gasteiger partial charge on any atom is 0.335 e. The Kier molecular flexibility index (Phi) is 9.17. The molecule has 0 aromatic heterocycles. The number of phenolic OH excluding ortho intramolecular Hbond substituents is 2. The first-order chi connectivity index (χ1) is 18.4. The van der Waals surface area contributed by atoms with Crippen molar-refractivity contribution in [2.45, 2.75) is 36.8 Å². The Morgan fingerprint density at radius 3 is 1.79 bits per heavy atom. The number of hydrogen-bond donors (Lipinski definition) is 5. The molecular formula is C27H28O12. The van der Waals surface area contributed by atoms with Gasteiger partial charge in [0.2, 0.25) is 0 Å². The standard InChI is InChI=1S/C27H28O12/c1-36-20-11-15(3-7-17(20)28)5-9-23(31)38-22-14-27(35,26(33)34)13-19(30)25(22)39-24(32)10-6-16-4-8-18(29)21(12-16)37-2/h3-12,19,22,25,28-30,35H,13-14H2,1-2H3,(H,33,34)/b9-5+,10-6+/t19?,22-,25-,27+/m0/s1. The van der Waals surface area contributed by atoms with Gasteiger partial charge in [0.1, 0.15) is 6.10 Å². The molecule has 1 saturated carbocycles. The Morgan fingerprint density at radius 1 is 0.846 bits per heavy atom. The van der Waals surface area contributed by atoms with Crippen LogP contribution in [0.1, 0.15) is 24.0 Å². The van der Waals surface area contributed by atoms with E-state index in [2.05, 4.69) is 0 Å². The highest BCUT2D eigenvalue weighted by molar-refractivity contribution is 5.88. The quantitative estimate of drug-likeness (QED) is 0.227. The highest BCUT2D eigenvalue weighted by atomic mass is 16.6. The van der Waals surface area contributed by atoms with Crippen LogP contribution in [-0.2, 0) is 23.9 Å². The molecule has 1 aliphatic carbocycles. The van der Waals surface area contributed by atoms with Crippen molar-refractivity contribution in [1.29, 1.82) is 0 Å². The number of aliphatic hydroxyl groups is 2. The van der Waals surface area contributed by atoms with Crippen molar-refractivity contribution in [2.75, 3.05) is 14.2 Å². The van der Waals surface area contributed by atoms with E-state index in [4.69, 9.17) is 18.9 Å². The monoisotopic (exact) mass is 544 g/mol. The van der Waals surface area contributed by atoms with E-state index in [-0.39, 0.29) is 23.0 Å². The second-order valence-corrected chi connectivity index (χ2v) is 8.72. The zero-order chi connectivity index (χ0) is 28.7. The Bertz CT molecular complexity index is 1280. The number of carbonyl (C=O) groups is 3. The minimum Gasteiger partial charge on any atom is -0.504 e. The van der Waals surface area contributed by atoms with Gasteiger partial charge in [0, 0.05) is 25.0 Å². The van der Waals surface area contributed by atoms with E-state index in [0.717, 1.165) is 12.2 Å². The number of rotatable bonds is 9. The van der Waals surface area contributed by atoms with Gasteiger partial charge in [0.05, 0.1) is 20.3 Å². The van der Waals surface area contributed by atoms with Gasteiger partial charge in [-0.15, -0.1) is 0 Å².